The molecule has 0 spiro atoms. The molecule has 0 saturated carbocycles. The van der Waals surface area contributed by atoms with Gasteiger partial charge < -0.3 is 10.1 Å². The van der Waals surface area contributed by atoms with Gasteiger partial charge in [-0.3, -0.25) is 10.1 Å². The van der Waals surface area contributed by atoms with Crippen LogP contribution in [0.5, 0.6) is 5.75 Å². The van der Waals surface area contributed by atoms with E-state index in [4.69, 9.17) is 4.74 Å². The zero-order valence-electron chi connectivity index (χ0n) is 12.0. The first-order valence-electron chi connectivity index (χ1n) is 6.66. The Kier molecular flexibility index (Phi) is 4.71. The normalized spacial score (nSPS) is 10.2. The molecule has 0 aliphatic carbocycles. The van der Waals surface area contributed by atoms with Crippen LogP contribution in [0.2, 0.25) is 0 Å². The van der Waals surface area contributed by atoms with Gasteiger partial charge in [0.25, 0.3) is 5.69 Å². The van der Waals surface area contributed by atoms with Crippen molar-refractivity contribution in [1.29, 1.82) is 0 Å². The zero-order chi connectivity index (χ0) is 15.2. The fraction of sp³-hybridized carbons (Fsp3) is 0.267. The lowest BCUT2D eigenvalue weighted by Crippen LogP contribution is -2.01. The number of hydrogen-bond donors (Lipinski definition) is 1. The lowest BCUT2D eigenvalue weighted by molar-refractivity contribution is -0.384. The van der Waals surface area contributed by atoms with Crippen molar-refractivity contribution in [2.75, 3.05) is 11.9 Å². The Morgan fingerprint density at radius 3 is 2.71 bits per heavy atom. The Hall–Kier alpha value is -2.63. The zero-order valence-corrected chi connectivity index (χ0v) is 12.0. The Morgan fingerprint density at radius 2 is 2.14 bits per heavy atom. The maximum absolute atomic E-state index is 10.7. The molecular formula is C15H17N3O3. The fourth-order valence-corrected chi connectivity index (χ4v) is 1.87. The summed E-state index contributed by atoms with van der Waals surface area (Å²) >= 11 is 0. The maximum Gasteiger partial charge on any atom is 0.269 e. The highest BCUT2D eigenvalue weighted by atomic mass is 16.6. The Labute approximate surface area is 122 Å². The molecule has 110 valence electrons. The molecule has 1 heterocycles. The molecule has 1 N–H and O–H groups in total. The van der Waals surface area contributed by atoms with Gasteiger partial charge in [-0.1, -0.05) is 6.07 Å². The van der Waals surface area contributed by atoms with Gasteiger partial charge in [-0.15, -0.1) is 0 Å². The molecule has 0 radical (unpaired) electrons. The van der Waals surface area contributed by atoms with E-state index in [2.05, 4.69) is 10.3 Å². The van der Waals surface area contributed by atoms with E-state index in [0.717, 1.165) is 23.5 Å². The third-order valence-electron chi connectivity index (χ3n) is 2.95. The molecule has 0 aliphatic heterocycles. The number of aromatic nitrogens is 1. The van der Waals surface area contributed by atoms with E-state index in [-0.39, 0.29) is 5.69 Å². The minimum atomic E-state index is -0.417. The highest BCUT2D eigenvalue weighted by molar-refractivity contribution is 5.43. The molecule has 6 nitrogen and oxygen atoms in total. The average molecular weight is 287 g/mol. The molecule has 0 atom stereocenters. The molecule has 2 rings (SSSR count). The predicted octanol–water partition coefficient (Wildman–Crippen LogP) is 3.31. The molecule has 1 aromatic carbocycles. The van der Waals surface area contributed by atoms with Crippen molar-refractivity contribution < 1.29 is 9.66 Å². The topological polar surface area (TPSA) is 77.3 Å². The first-order chi connectivity index (χ1) is 10.1. The largest absolute Gasteiger partial charge is 0.489 e. The van der Waals surface area contributed by atoms with Gasteiger partial charge in [0.05, 0.1) is 4.92 Å². The van der Waals surface area contributed by atoms with Gasteiger partial charge in [0.1, 0.15) is 18.2 Å². The summed E-state index contributed by atoms with van der Waals surface area (Å²) in [7, 11) is 0. The highest BCUT2D eigenvalue weighted by Crippen LogP contribution is 2.24. The van der Waals surface area contributed by atoms with Crippen LogP contribution in [0.4, 0.5) is 11.5 Å². The minimum absolute atomic E-state index is 0.0662. The van der Waals surface area contributed by atoms with Gasteiger partial charge in [0.2, 0.25) is 0 Å². The van der Waals surface area contributed by atoms with Crippen LogP contribution in [0, 0.1) is 17.0 Å². The average Bonchev–Trinajstić information content (AvgIpc) is 2.47. The number of nitrogens with one attached hydrogen (secondary N) is 1. The molecule has 0 unspecified atom stereocenters. The van der Waals surface area contributed by atoms with Crippen molar-refractivity contribution in [1.82, 2.24) is 4.98 Å². The molecule has 1 aromatic heterocycles. The summed E-state index contributed by atoms with van der Waals surface area (Å²) in [5.41, 5.74) is 1.74. The van der Waals surface area contributed by atoms with E-state index in [9.17, 15) is 10.1 Å². The number of nitro groups is 1. The second kappa shape index (κ2) is 6.69. The van der Waals surface area contributed by atoms with Crippen molar-refractivity contribution >= 4 is 11.5 Å². The van der Waals surface area contributed by atoms with Crippen molar-refractivity contribution in [3.05, 3.63) is 57.8 Å². The Balaban J connectivity index is 2.01. The lowest BCUT2D eigenvalue weighted by Gasteiger charge is -2.09. The molecular weight excluding hydrogens is 270 g/mol. The first kappa shape index (κ1) is 14.8. The third kappa shape index (κ3) is 3.92. The summed E-state index contributed by atoms with van der Waals surface area (Å²) in [4.78, 5) is 14.5. The van der Waals surface area contributed by atoms with Crippen LogP contribution in [-0.4, -0.2) is 16.5 Å². The second-order valence-electron chi connectivity index (χ2n) is 4.58. The number of nitro benzene ring substituents is 1. The molecule has 0 fully saturated rings. The third-order valence-corrected chi connectivity index (χ3v) is 2.95. The van der Waals surface area contributed by atoms with E-state index in [1.165, 1.54) is 12.1 Å². The van der Waals surface area contributed by atoms with E-state index in [1.807, 2.05) is 19.1 Å². The second-order valence-corrected chi connectivity index (χ2v) is 4.58. The van der Waals surface area contributed by atoms with Gasteiger partial charge >= 0.3 is 0 Å². The number of rotatable bonds is 6. The first-order valence-corrected chi connectivity index (χ1v) is 6.66. The van der Waals surface area contributed by atoms with E-state index >= 15 is 0 Å². The number of nitrogens with zero attached hydrogens (tertiary/aromatic N) is 2. The number of pyridine rings is 1. The standard InChI is InChI=1S/C15H17N3O3/c1-3-16-15-7-4-12(9-17-15)10-21-14-6-5-13(18(19)20)8-11(14)2/h4-9H,3,10H2,1-2H3,(H,16,17). The summed E-state index contributed by atoms with van der Waals surface area (Å²) in [6, 6.07) is 8.39. The van der Waals surface area contributed by atoms with Gasteiger partial charge in [-0.25, -0.2) is 4.98 Å². The van der Waals surface area contributed by atoms with Crippen LogP contribution in [0.3, 0.4) is 0 Å². The van der Waals surface area contributed by atoms with Crippen molar-refractivity contribution in [3.8, 4) is 5.75 Å². The SMILES string of the molecule is CCNc1ccc(COc2ccc([N+](=O)[O-])cc2C)cn1. The molecule has 6 heteroatoms. The molecule has 0 aliphatic rings. The van der Waals surface area contributed by atoms with E-state index in [1.54, 1.807) is 19.2 Å². The summed E-state index contributed by atoms with van der Waals surface area (Å²) in [6.45, 7) is 4.99. The molecule has 21 heavy (non-hydrogen) atoms. The minimum Gasteiger partial charge on any atom is -0.489 e. The number of aryl methyl sites for hydroxylation is 1. The monoisotopic (exact) mass is 287 g/mol. The van der Waals surface area contributed by atoms with Crippen molar-refractivity contribution in [2.45, 2.75) is 20.5 Å². The van der Waals surface area contributed by atoms with Gasteiger partial charge in [0.15, 0.2) is 0 Å². The van der Waals surface area contributed by atoms with Crippen LogP contribution < -0.4 is 10.1 Å². The van der Waals surface area contributed by atoms with Crippen LogP contribution in [0.15, 0.2) is 36.5 Å². The van der Waals surface area contributed by atoms with Gasteiger partial charge in [0, 0.05) is 30.4 Å². The Morgan fingerprint density at radius 1 is 1.33 bits per heavy atom. The smallest absolute Gasteiger partial charge is 0.269 e. The van der Waals surface area contributed by atoms with Crippen molar-refractivity contribution in [3.63, 3.8) is 0 Å². The van der Waals surface area contributed by atoms with Crippen LogP contribution in [0.25, 0.3) is 0 Å². The van der Waals surface area contributed by atoms with Crippen LogP contribution in [0.1, 0.15) is 18.1 Å². The number of ether oxygens (including phenoxy) is 1. The summed E-state index contributed by atoms with van der Waals surface area (Å²) in [6.07, 6.45) is 1.75. The number of anilines is 1. The predicted molar refractivity (Wildman–Crippen MR) is 80.6 cm³/mol. The fourth-order valence-electron chi connectivity index (χ4n) is 1.87. The molecule has 2 aromatic rings. The number of hydrogen-bond acceptors (Lipinski definition) is 5. The van der Waals surface area contributed by atoms with E-state index < -0.39 is 4.92 Å². The number of benzene rings is 1. The lowest BCUT2D eigenvalue weighted by atomic mass is 10.2. The summed E-state index contributed by atoms with van der Waals surface area (Å²) in [5, 5.41) is 13.8. The highest BCUT2D eigenvalue weighted by Gasteiger charge is 2.08. The van der Waals surface area contributed by atoms with Crippen molar-refractivity contribution in [2.24, 2.45) is 0 Å². The van der Waals surface area contributed by atoms with Gasteiger partial charge in [-0.2, -0.15) is 0 Å². The summed E-state index contributed by atoms with van der Waals surface area (Å²) < 4.78 is 5.67. The van der Waals surface area contributed by atoms with Crippen LogP contribution >= 0.6 is 0 Å². The van der Waals surface area contributed by atoms with Crippen LogP contribution in [-0.2, 0) is 6.61 Å². The molecule has 0 bridgehead atoms. The van der Waals surface area contributed by atoms with E-state index in [0.29, 0.717) is 12.4 Å². The molecule has 0 saturated heterocycles. The summed E-state index contributed by atoms with van der Waals surface area (Å²) in [5.74, 6) is 1.46. The number of non-ortho nitro benzene ring substituents is 1. The quantitative estimate of drug-likeness (QED) is 0.651. The Bertz CT molecular complexity index is 627. The maximum atomic E-state index is 10.7. The molecule has 0 amide bonds. The van der Waals surface area contributed by atoms with Gasteiger partial charge in [-0.05, 0) is 31.5 Å².